The average Bonchev–Trinajstić information content (AvgIpc) is 2.94. The normalized spacial score (nSPS) is 10.2. The van der Waals surface area contributed by atoms with Gasteiger partial charge in [0.25, 0.3) is 0 Å². The van der Waals surface area contributed by atoms with Gasteiger partial charge in [-0.25, -0.2) is 4.79 Å². The largest absolute Gasteiger partial charge is 0.495 e. The van der Waals surface area contributed by atoms with Crippen molar-refractivity contribution in [3.8, 4) is 11.5 Å². The van der Waals surface area contributed by atoms with Crippen LogP contribution in [-0.4, -0.2) is 25.3 Å². The second-order valence-electron chi connectivity index (χ2n) is 4.11. The minimum Gasteiger partial charge on any atom is -0.495 e. The number of nitrogens with one attached hydrogen (secondary N) is 1. The SMILES string of the molecule is COc1cc(NCc2ccc(C(=O)O)s2)c(OC)cc1Cl. The van der Waals surface area contributed by atoms with Crippen LogP contribution in [0.4, 0.5) is 5.69 Å². The molecule has 0 atom stereocenters. The Hall–Kier alpha value is -1.92. The molecule has 7 heteroatoms. The number of hydrogen-bond donors (Lipinski definition) is 2. The molecule has 0 saturated carbocycles. The number of aromatic carboxylic acids is 1. The molecule has 112 valence electrons. The van der Waals surface area contributed by atoms with Gasteiger partial charge in [0.1, 0.15) is 16.4 Å². The molecule has 0 unspecified atom stereocenters. The highest BCUT2D eigenvalue weighted by Crippen LogP contribution is 2.36. The van der Waals surface area contributed by atoms with Gasteiger partial charge in [-0.1, -0.05) is 11.6 Å². The van der Waals surface area contributed by atoms with E-state index in [1.807, 2.05) is 0 Å². The van der Waals surface area contributed by atoms with Crippen molar-refractivity contribution in [1.29, 1.82) is 0 Å². The summed E-state index contributed by atoms with van der Waals surface area (Å²) in [5.74, 6) is 0.213. The molecule has 1 aromatic carbocycles. The van der Waals surface area contributed by atoms with Crippen molar-refractivity contribution in [2.24, 2.45) is 0 Å². The molecule has 0 saturated heterocycles. The van der Waals surface area contributed by atoms with Gasteiger partial charge < -0.3 is 19.9 Å². The highest BCUT2D eigenvalue weighted by molar-refractivity contribution is 7.13. The summed E-state index contributed by atoms with van der Waals surface area (Å²) in [6, 6.07) is 6.77. The zero-order chi connectivity index (χ0) is 15.4. The third-order valence-electron chi connectivity index (χ3n) is 2.80. The third kappa shape index (κ3) is 3.59. The van der Waals surface area contributed by atoms with Crippen molar-refractivity contribution >= 4 is 34.6 Å². The van der Waals surface area contributed by atoms with E-state index in [2.05, 4.69) is 5.32 Å². The first-order chi connectivity index (χ1) is 10.0. The van der Waals surface area contributed by atoms with Gasteiger partial charge in [0.05, 0.1) is 24.9 Å². The molecule has 0 spiro atoms. The van der Waals surface area contributed by atoms with Gasteiger partial charge >= 0.3 is 5.97 Å². The van der Waals surface area contributed by atoms with E-state index >= 15 is 0 Å². The van der Waals surface area contributed by atoms with Crippen LogP contribution in [0.3, 0.4) is 0 Å². The summed E-state index contributed by atoms with van der Waals surface area (Å²) in [5.41, 5.74) is 0.726. The lowest BCUT2D eigenvalue weighted by Gasteiger charge is -2.13. The van der Waals surface area contributed by atoms with Crippen LogP contribution in [0.2, 0.25) is 5.02 Å². The number of methoxy groups -OCH3 is 2. The standard InChI is InChI=1S/C14H14ClNO4S/c1-19-11-6-10(12(20-2)5-9(11)15)16-7-8-3-4-13(21-8)14(17)18/h3-6,16H,7H2,1-2H3,(H,17,18). The van der Waals surface area contributed by atoms with Gasteiger partial charge in [-0.05, 0) is 12.1 Å². The molecule has 0 bridgehead atoms. The lowest BCUT2D eigenvalue weighted by molar-refractivity contribution is 0.0702. The molecule has 0 fully saturated rings. The second-order valence-corrected chi connectivity index (χ2v) is 5.69. The molecule has 0 aliphatic carbocycles. The van der Waals surface area contributed by atoms with E-state index in [0.717, 1.165) is 10.6 Å². The maximum absolute atomic E-state index is 10.8. The number of hydrogen-bond acceptors (Lipinski definition) is 5. The van der Waals surface area contributed by atoms with E-state index in [4.69, 9.17) is 26.2 Å². The molecular weight excluding hydrogens is 314 g/mol. The van der Waals surface area contributed by atoms with Gasteiger partial charge in [-0.2, -0.15) is 0 Å². The number of rotatable bonds is 6. The second kappa shape index (κ2) is 6.69. The minimum absolute atomic E-state index is 0.312. The van der Waals surface area contributed by atoms with Crippen LogP contribution in [0.5, 0.6) is 11.5 Å². The average molecular weight is 328 g/mol. The fourth-order valence-electron chi connectivity index (χ4n) is 1.77. The van der Waals surface area contributed by atoms with Gasteiger partial charge in [-0.15, -0.1) is 11.3 Å². The van der Waals surface area contributed by atoms with E-state index in [0.29, 0.717) is 27.9 Å². The Morgan fingerprint density at radius 3 is 2.57 bits per heavy atom. The highest BCUT2D eigenvalue weighted by atomic mass is 35.5. The molecule has 1 heterocycles. The van der Waals surface area contributed by atoms with Gasteiger partial charge in [-0.3, -0.25) is 0 Å². The van der Waals surface area contributed by atoms with E-state index in [1.165, 1.54) is 18.4 Å². The maximum Gasteiger partial charge on any atom is 0.345 e. The summed E-state index contributed by atoms with van der Waals surface area (Å²) in [4.78, 5) is 12.1. The zero-order valence-electron chi connectivity index (χ0n) is 11.5. The number of benzene rings is 1. The number of anilines is 1. The predicted octanol–water partition coefficient (Wildman–Crippen LogP) is 3.73. The molecule has 0 amide bonds. The van der Waals surface area contributed by atoms with Crippen LogP contribution < -0.4 is 14.8 Å². The molecule has 0 aliphatic rings. The quantitative estimate of drug-likeness (QED) is 0.846. The fourth-order valence-corrected chi connectivity index (χ4v) is 2.79. The van der Waals surface area contributed by atoms with Crippen molar-refractivity contribution in [2.45, 2.75) is 6.54 Å². The van der Waals surface area contributed by atoms with E-state index < -0.39 is 5.97 Å². The summed E-state index contributed by atoms with van der Waals surface area (Å²) in [6.07, 6.45) is 0. The van der Waals surface area contributed by atoms with Crippen LogP contribution in [-0.2, 0) is 6.54 Å². The Morgan fingerprint density at radius 1 is 1.29 bits per heavy atom. The molecule has 2 rings (SSSR count). The number of carboxylic acid groups (broad SMARTS) is 1. The molecule has 0 aliphatic heterocycles. The van der Waals surface area contributed by atoms with Gasteiger partial charge in [0, 0.05) is 23.6 Å². The smallest absolute Gasteiger partial charge is 0.345 e. The molecule has 2 aromatic rings. The van der Waals surface area contributed by atoms with Gasteiger partial charge in [0.15, 0.2) is 0 Å². The van der Waals surface area contributed by atoms with Crippen molar-refractivity contribution in [2.75, 3.05) is 19.5 Å². The van der Waals surface area contributed by atoms with Gasteiger partial charge in [0.2, 0.25) is 0 Å². The summed E-state index contributed by atoms with van der Waals surface area (Å²) >= 11 is 7.27. The zero-order valence-corrected chi connectivity index (χ0v) is 13.0. The Kier molecular flexibility index (Phi) is 4.93. The van der Waals surface area contributed by atoms with Crippen molar-refractivity contribution in [1.82, 2.24) is 0 Å². The molecule has 0 radical (unpaired) electrons. The number of ether oxygens (including phenoxy) is 2. The van der Waals surface area contributed by atoms with E-state index in [1.54, 1.807) is 31.4 Å². The maximum atomic E-state index is 10.8. The predicted molar refractivity (Wildman–Crippen MR) is 83.2 cm³/mol. The Bertz CT molecular complexity index is 656. The highest BCUT2D eigenvalue weighted by Gasteiger charge is 2.11. The molecule has 21 heavy (non-hydrogen) atoms. The minimum atomic E-state index is -0.919. The molecule has 1 aromatic heterocycles. The molecular formula is C14H14ClNO4S. The lowest BCUT2D eigenvalue weighted by Crippen LogP contribution is -2.01. The first-order valence-electron chi connectivity index (χ1n) is 6.02. The van der Waals surface area contributed by atoms with E-state index in [-0.39, 0.29) is 0 Å². The summed E-state index contributed by atoms with van der Waals surface area (Å²) in [5, 5.41) is 12.6. The first kappa shape index (κ1) is 15.5. The van der Waals surface area contributed by atoms with Crippen LogP contribution >= 0.6 is 22.9 Å². The topological polar surface area (TPSA) is 67.8 Å². The summed E-state index contributed by atoms with van der Waals surface area (Å²) in [7, 11) is 3.09. The fraction of sp³-hybridized carbons (Fsp3) is 0.214. The van der Waals surface area contributed by atoms with Crippen LogP contribution in [0.25, 0.3) is 0 Å². The number of halogens is 1. The third-order valence-corrected chi connectivity index (χ3v) is 4.17. The lowest BCUT2D eigenvalue weighted by atomic mass is 10.2. The molecule has 2 N–H and O–H groups in total. The van der Waals surface area contributed by atoms with Crippen molar-refractivity contribution < 1.29 is 19.4 Å². The number of carbonyl (C=O) groups is 1. The Balaban J connectivity index is 2.16. The van der Waals surface area contributed by atoms with Crippen molar-refractivity contribution in [3.05, 3.63) is 39.0 Å². The van der Waals surface area contributed by atoms with Crippen LogP contribution in [0.15, 0.2) is 24.3 Å². The number of carboxylic acids is 1. The van der Waals surface area contributed by atoms with Crippen LogP contribution in [0.1, 0.15) is 14.5 Å². The monoisotopic (exact) mass is 327 g/mol. The Labute approximate surface area is 131 Å². The summed E-state index contributed by atoms with van der Waals surface area (Å²) < 4.78 is 10.4. The summed E-state index contributed by atoms with van der Waals surface area (Å²) in [6.45, 7) is 0.485. The van der Waals surface area contributed by atoms with Crippen molar-refractivity contribution in [3.63, 3.8) is 0 Å². The van der Waals surface area contributed by atoms with Crippen LogP contribution in [0, 0.1) is 0 Å². The number of thiophene rings is 1. The molecule has 5 nitrogen and oxygen atoms in total. The first-order valence-corrected chi connectivity index (χ1v) is 7.22. The Morgan fingerprint density at radius 2 is 2.00 bits per heavy atom. The van der Waals surface area contributed by atoms with E-state index in [9.17, 15) is 4.79 Å².